The first-order valence-electron chi connectivity index (χ1n) is 20.1. The normalized spacial score (nSPS) is 12.1. The van der Waals surface area contributed by atoms with Gasteiger partial charge in [-0.3, -0.25) is 9.13 Å². The third-order valence-corrected chi connectivity index (χ3v) is 13.3. The molecule has 0 unspecified atom stereocenters. The molecule has 8 aromatic rings. The van der Waals surface area contributed by atoms with Gasteiger partial charge in [0, 0.05) is 34.8 Å². The third-order valence-electron chi connectivity index (χ3n) is 10.6. The number of para-hydroxylation sites is 1. The molecule has 1 N–H and O–H groups in total. The maximum atomic E-state index is 14.4. The first kappa shape index (κ1) is 50.2. The number of benzene rings is 6. The lowest BCUT2D eigenvalue weighted by Crippen LogP contribution is -2.07. The van der Waals surface area contributed by atoms with E-state index in [1.807, 2.05) is 0 Å². The van der Waals surface area contributed by atoms with Gasteiger partial charge in [0.1, 0.15) is 24.7 Å². The molecule has 360 valence electrons. The second kappa shape index (κ2) is 19.5. The summed E-state index contributed by atoms with van der Waals surface area (Å²) in [5.41, 5.74) is -0.710. The first-order valence-corrected chi connectivity index (χ1v) is 23.8. The molecule has 2 aromatic heterocycles. The number of sulfone groups is 1. The van der Waals surface area contributed by atoms with Gasteiger partial charge in [0.25, 0.3) is 0 Å². The molecular weight excluding hydrogens is 1050 g/mol. The fourth-order valence-electron chi connectivity index (χ4n) is 7.27. The van der Waals surface area contributed by atoms with Crippen molar-refractivity contribution in [1.29, 1.82) is 0 Å². The highest BCUT2D eigenvalue weighted by Crippen LogP contribution is 2.45. The van der Waals surface area contributed by atoms with Crippen molar-refractivity contribution < 1.29 is 54.1 Å². The van der Waals surface area contributed by atoms with Crippen LogP contribution in [0, 0.1) is 0 Å². The van der Waals surface area contributed by atoms with Crippen LogP contribution in [0.4, 0.5) is 26.3 Å². The number of aromatic nitrogens is 4. The Morgan fingerprint density at radius 2 is 1.11 bits per heavy atom. The number of hydrogen-bond donors (Lipinski definition) is 1. The number of carboxylic acids is 1. The van der Waals surface area contributed by atoms with Gasteiger partial charge in [0.15, 0.2) is 32.9 Å². The fourth-order valence-corrected chi connectivity index (χ4v) is 9.46. The zero-order valence-corrected chi connectivity index (χ0v) is 40.0. The SMILES string of the molecule is CS(=O)(=O)c1cccc(-c2ccc(OCc3nc(C(F)(F)F)cn3-c3c(Cl)ccc(-c4cc(OCc5nc(C(F)(F)F)cn5-c5c(Cl)cccc5Cl)ccc4-c4ccc(C(=O)O)cc4Cl)c3Cl)cc2)c1. The van der Waals surface area contributed by atoms with Crippen molar-refractivity contribution in [3.8, 4) is 56.3 Å². The number of halogens is 11. The van der Waals surface area contributed by atoms with Crippen molar-refractivity contribution in [2.75, 3.05) is 6.26 Å². The third kappa shape index (κ3) is 10.6. The molecule has 2 heterocycles. The molecular formula is C48H29Cl5F6N4O6S. The van der Waals surface area contributed by atoms with E-state index in [0.29, 0.717) is 22.9 Å². The molecule has 0 aliphatic heterocycles. The number of aromatic carboxylic acids is 1. The van der Waals surface area contributed by atoms with E-state index in [1.165, 1.54) is 78.9 Å². The predicted molar refractivity (Wildman–Crippen MR) is 254 cm³/mol. The molecule has 6 aromatic carbocycles. The average Bonchev–Trinajstić information content (AvgIpc) is 3.93. The van der Waals surface area contributed by atoms with Gasteiger partial charge in [-0.05, 0) is 89.0 Å². The summed E-state index contributed by atoms with van der Waals surface area (Å²) in [5, 5.41) is 9.32. The summed E-state index contributed by atoms with van der Waals surface area (Å²) >= 11 is 33.3. The Bertz CT molecular complexity index is 3440. The van der Waals surface area contributed by atoms with E-state index >= 15 is 0 Å². The zero-order valence-electron chi connectivity index (χ0n) is 35.4. The number of hydrogen-bond acceptors (Lipinski definition) is 7. The van der Waals surface area contributed by atoms with E-state index in [4.69, 9.17) is 67.5 Å². The van der Waals surface area contributed by atoms with Crippen LogP contribution in [0.1, 0.15) is 33.4 Å². The molecule has 0 aliphatic rings. The van der Waals surface area contributed by atoms with Crippen LogP contribution in [0.5, 0.6) is 11.5 Å². The van der Waals surface area contributed by atoms with Crippen molar-refractivity contribution in [3.63, 3.8) is 0 Å². The molecule has 70 heavy (non-hydrogen) atoms. The van der Waals surface area contributed by atoms with Crippen LogP contribution in [-0.2, 0) is 35.4 Å². The molecule has 0 saturated heterocycles. The monoisotopic (exact) mass is 1080 g/mol. The molecule has 0 radical (unpaired) electrons. The average molecular weight is 1080 g/mol. The highest BCUT2D eigenvalue weighted by molar-refractivity contribution is 7.90. The molecule has 0 atom stereocenters. The molecule has 0 saturated carbocycles. The number of carboxylic acid groups (broad SMARTS) is 1. The van der Waals surface area contributed by atoms with Gasteiger partial charge in [-0.1, -0.05) is 107 Å². The lowest BCUT2D eigenvalue weighted by atomic mass is 9.93. The second-order valence-electron chi connectivity index (χ2n) is 15.3. The maximum Gasteiger partial charge on any atom is 0.434 e. The van der Waals surface area contributed by atoms with Crippen molar-refractivity contribution in [2.45, 2.75) is 30.5 Å². The first-order chi connectivity index (χ1) is 33.0. The summed E-state index contributed by atoms with van der Waals surface area (Å²) in [6.07, 6.45) is -7.31. The minimum Gasteiger partial charge on any atom is -0.486 e. The molecule has 10 nitrogen and oxygen atoms in total. The van der Waals surface area contributed by atoms with Crippen molar-refractivity contribution in [2.24, 2.45) is 0 Å². The lowest BCUT2D eigenvalue weighted by Gasteiger charge is -2.19. The van der Waals surface area contributed by atoms with Gasteiger partial charge >= 0.3 is 18.3 Å². The predicted octanol–water partition coefficient (Wildman–Crippen LogP) is 14.6. The van der Waals surface area contributed by atoms with Gasteiger partial charge in [-0.15, -0.1) is 0 Å². The Balaban J connectivity index is 1.19. The van der Waals surface area contributed by atoms with Gasteiger partial charge in [0.05, 0.1) is 41.9 Å². The Kier molecular flexibility index (Phi) is 14.0. The lowest BCUT2D eigenvalue weighted by molar-refractivity contribution is -0.141. The van der Waals surface area contributed by atoms with Gasteiger partial charge < -0.3 is 14.6 Å². The fraction of sp³-hybridized carbons (Fsp3) is 0.104. The highest BCUT2D eigenvalue weighted by atomic mass is 35.5. The number of rotatable bonds is 13. The number of nitrogens with zero attached hydrogens (tertiary/aromatic N) is 4. The van der Waals surface area contributed by atoms with Crippen molar-refractivity contribution in [1.82, 2.24) is 19.1 Å². The van der Waals surface area contributed by atoms with E-state index in [9.17, 15) is 44.7 Å². The van der Waals surface area contributed by atoms with E-state index in [0.717, 1.165) is 21.6 Å². The second-order valence-corrected chi connectivity index (χ2v) is 19.3. The number of alkyl halides is 6. The van der Waals surface area contributed by atoms with E-state index < -0.39 is 52.8 Å². The number of ether oxygens (including phenoxy) is 2. The number of carbonyl (C=O) groups is 1. The van der Waals surface area contributed by atoms with Crippen LogP contribution in [0.2, 0.25) is 25.1 Å². The van der Waals surface area contributed by atoms with E-state index in [1.54, 1.807) is 36.4 Å². The minimum atomic E-state index is -4.94. The van der Waals surface area contributed by atoms with Crippen LogP contribution >= 0.6 is 58.0 Å². The van der Waals surface area contributed by atoms with Crippen LogP contribution in [-0.4, -0.2) is 44.9 Å². The van der Waals surface area contributed by atoms with Crippen LogP contribution in [0.25, 0.3) is 44.8 Å². The molecule has 0 spiro atoms. The van der Waals surface area contributed by atoms with Crippen LogP contribution in [0.3, 0.4) is 0 Å². The molecule has 0 amide bonds. The Morgan fingerprint density at radius 3 is 1.69 bits per heavy atom. The summed E-state index contributed by atoms with van der Waals surface area (Å²) in [5.74, 6) is -1.55. The largest absolute Gasteiger partial charge is 0.486 e. The standard InChI is InChI=1S/C48H29Cl5F6N4O6S/c1-70(66,67)30-5-2-4-26(18-30)25-8-11-28(12-9-25)68-23-42-61-40(48(57,58)59)22-63(42)45-37(51)17-16-33(43(45)53)34-20-29(13-15-31(34)32-14-10-27(46(64)65)19-38(32)52)69-24-41-60-39(47(54,55)56)21-62(41)44-35(49)6-3-7-36(44)50/h2-22H,23-24H2,1H3,(H,64,65). The summed E-state index contributed by atoms with van der Waals surface area (Å²) < 4.78 is 123. The Labute approximate surface area is 419 Å². The Hall–Kier alpha value is -6.21. The zero-order chi connectivity index (χ0) is 50.4. The summed E-state index contributed by atoms with van der Waals surface area (Å²) in [7, 11) is -3.49. The van der Waals surface area contributed by atoms with Gasteiger partial charge in [0.2, 0.25) is 0 Å². The maximum absolute atomic E-state index is 14.4. The smallest absolute Gasteiger partial charge is 0.434 e. The van der Waals surface area contributed by atoms with Crippen molar-refractivity contribution in [3.05, 3.63) is 181 Å². The highest BCUT2D eigenvalue weighted by Gasteiger charge is 2.37. The summed E-state index contributed by atoms with van der Waals surface area (Å²) in [4.78, 5) is 19.5. The van der Waals surface area contributed by atoms with Gasteiger partial charge in [-0.25, -0.2) is 23.2 Å². The molecule has 8 rings (SSSR count). The molecule has 0 bridgehead atoms. The topological polar surface area (TPSA) is 126 Å². The summed E-state index contributed by atoms with van der Waals surface area (Å²) in [6.45, 7) is -1.12. The van der Waals surface area contributed by atoms with E-state index in [2.05, 4.69) is 9.97 Å². The Morgan fingerprint density at radius 1 is 0.586 bits per heavy atom. The molecule has 0 aliphatic carbocycles. The van der Waals surface area contributed by atoms with Crippen molar-refractivity contribution >= 4 is 73.8 Å². The van der Waals surface area contributed by atoms with Crippen LogP contribution < -0.4 is 9.47 Å². The minimum absolute atomic E-state index is 0.00830. The quantitative estimate of drug-likeness (QED) is 0.113. The molecule has 0 fully saturated rings. The summed E-state index contributed by atoms with van der Waals surface area (Å²) in [6, 6.07) is 28.2. The number of imidazole rings is 2. The van der Waals surface area contributed by atoms with E-state index in [-0.39, 0.29) is 86.8 Å². The van der Waals surface area contributed by atoms with Crippen LogP contribution in [0.15, 0.2) is 133 Å². The molecule has 22 heteroatoms. The van der Waals surface area contributed by atoms with Gasteiger partial charge in [-0.2, -0.15) is 26.3 Å².